The van der Waals surface area contributed by atoms with Crippen molar-refractivity contribution in [1.82, 2.24) is 10.2 Å². The maximum absolute atomic E-state index is 12.1. The third-order valence-electron chi connectivity index (χ3n) is 3.22. The molecule has 3 rings (SSSR count). The fourth-order valence-electron chi connectivity index (χ4n) is 2.20. The van der Waals surface area contributed by atoms with E-state index in [0.717, 1.165) is 5.57 Å². The highest BCUT2D eigenvalue weighted by molar-refractivity contribution is 6.31. The van der Waals surface area contributed by atoms with Crippen LogP contribution in [0.25, 0.3) is 0 Å². The van der Waals surface area contributed by atoms with Gasteiger partial charge in [0.05, 0.1) is 17.7 Å². The summed E-state index contributed by atoms with van der Waals surface area (Å²) >= 11 is 6.18. The number of benzene rings is 1. The highest BCUT2D eigenvalue weighted by Gasteiger charge is 2.35. The number of nitrogens with zero attached hydrogens (tertiary/aromatic N) is 1. The number of nitrogens with one attached hydrogen (secondary N) is 1. The summed E-state index contributed by atoms with van der Waals surface area (Å²) in [4.78, 5) is 25.5. The molecule has 1 N–H and O–H groups in total. The summed E-state index contributed by atoms with van der Waals surface area (Å²) in [5, 5.41) is 3.52. The van der Waals surface area contributed by atoms with Crippen molar-refractivity contribution in [3.05, 3.63) is 58.3 Å². The van der Waals surface area contributed by atoms with Crippen LogP contribution in [0.3, 0.4) is 0 Å². The molecular weight excluding hydrogens is 264 g/mol. The SMILES string of the molecule is O=C1c2ccccc2C(=O)N1CC(Cl)=C1C=CNC1. The first-order chi connectivity index (χ1) is 9.18. The van der Waals surface area contributed by atoms with Crippen LogP contribution in [0.2, 0.25) is 0 Å². The number of carbonyl (C=O) groups is 2. The van der Waals surface area contributed by atoms with Gasteiger partial charge in [-0.25, -0.2) is 0 Å². The van der Waals surface area contributed by atoms with E-state index in [1.54, 1.807) is 30.5 Å². The van der Waals surface area contributed by atoms with Crippen molar-refractivity contribution in [3.63, 3.8) is 0 Å². The molecule has 5 heteroatoms. The Hall–Kier alpha value is -2.07. The predicted molar refractivity (Wildman–Crippen MR) is 71.8 cm³/mol. The Morgan fingerprint density at radius 2 is 1.84 bits per heavy atom. The summed E-state index contributed by atoms with van der Waals surface area (Å²) in [7, 11) is 0. The molecule has 0 saturated carbocycles. The van der Waals surface area contributed by atoms with Crippen LogP contribution in [0.5, 0.6) is 0 Å². The van der Waals surface area contributed by atoms with Crippen LogP contribution in [-0.2, 0) is 0 Å². The molecule has 0 saturated heterocycles. The minimum Gasteiger partial charge on any atom is -0.387 e. The molecule has 0 unspecified atom stereocenters. The maximum atomic E-state index is 12.1. The molecule has 96 valence electrons. The second kappa shape index (κ2) is 4.55. The van der Waals surface area contributed by atoms with Crippen LogP contribution in [0.4, 0.5) is 0 Å². The highest BCUT2D eigenvalue weighted by atomic mass is 35.5. The lowest BCUT2D eigenvalue weighted by Gasteiger charge is -2.14. The lowest BCUT2D eigenvalue weighted by Crippen LogP contribution is -2.31. The molecule has 19 heavy (non-hydrogen) atoms. The molecule has 0 radical (unpaired) electrons. The summed E-state index contributed by atoms with van der Waals surface area (Å²) in [6.07, 6.45) is 3.64. The second-order valence-electron chi connectivity index (χ2n) is 4.39. The standard InChI is InChI=1S/C14H11ClN2O2/c15-12(9-5-6-16-7-9)8-17-13(18)10-3-1-2-4-11(10)14(17)19/h1-6,16H,7-8H2. The quantitative estimate of drug-likeness (QED) is 0.838. The molecule has 1 aromatic carbocycles. The van der Waals surface area contributed by atoms with Crippen molar-refractivity contribution >= 4 is 23.4 Å². The van der Waals surface area contributed by atoms with E-state index in [0.29, 0.717) is 22.7 Å². The number of amides is 2. The van der Waals surface area contributed by atoms with Gasteiger partial charge in [-0.1, -0.05) is 23.7 Å². The molecule has 0 aromatic heterocycles. The molecule has 0 atom stereocenters. The smallest absolute Gasteiger partial charge is 0.261 e. The Bertz CT molecular complexity index is 599. The number of hydrogen-bond donors (Lipinski definition) is 1. The van der Waals surface area contributed by atoms with Gasteiger partial charge in [-0.15, -0.1) is 0 Å². The summed E-state index contributed by atoms with van der Waals surface area (Å²) in [5.74, 6) is -0.566. The zero-order valence-electron chi connectivity index (χ0n) is 10.0. The predicted octanol–water partition coefficient (Wildman–Crippen LogP) is 1.89. The van der Waals surface area contributed by atoms with Gasteiger partial charge in [-0.3, -0.25) is 14.5 Å². The van der Waals surface area contributed by atoms with Gasteiger partial charge in [0.2, 0.25) is 0 Å². The van der Waals surface area contributed by atoms with Gasteiger partial charge in [0.15, 0.2) is 0 Å². The number of rotatable bonds is 2. The largest absolute Gasteiger partial charge is 0.387 e. The van der Waals surface area contributed by atoms with Crippen molar-refractivity contribution in [3.8, 4) is 0 Å². The first-order valence-electron chi connectivity index (χ1n) is 5.91. The average molecular weight is 275 g/mol. The van der Waals surface area contributed by atoms with Crippen molar-refractivity contribution in [2.75, 3.05) is 13.1 Å². The van der Waals surface area contributed by atoms with Gasteiger partial charge in [-0.05, 0) is 30.0 Å². The maximum Gasteiger partial charge on any atom is 0.261 e. The van der Waals surface area contributed by atoms with Crippen LogP contribution in [0.1, 0.15) is 20.7 Å². The fourth-order valence-corrected chi connectivity index (χ4v) is 2.45. The Kier molecular flexibility index (Phi) is 2.87. The fraction of sp³-hybridized carbons (Fsp3) is 0.143. The van der Waals surface area contributed by atoms with E-state index in [2.05, 4.69) is 5.32 Å². The van der Waals surface area contributed by atoms with Crippen molar-refractivity contribution in [2.24, 2.45) is 0 Å². The minimum absolute atomic E-state index is 0.120. The monoisotopic (exact) mass is 274 g/mol. The Morgan fingerprint density at radius 1 is 1.21 bits per heavy atom. The van der Waals surface area contributed by atoms with E-state index in [-0.39, 0.29) is 18.4 Å². The Morgan fingerprint density at radius 3 is 2.37 bits per heavy atom. The molecule has 2 aliphatic rings. The van der Waals surface area contributed by atoms with E-state index >= 15 is 0 Å². The zero-order chi connectivity index (χ0) is 13.4. The van der Waals surface area contributed by atoms with Crippen LogP contribution in [0, 0.1) is 0 Å². The van der Waals surface area contributed by atoms with E-state index in [1.165, 1.54) is 4.90 Å². The molecule has 0 spiro atoms. The second-order valence-corrected chi connectivity index (χ2v) is 4.84. The lowest BCUT2D eigenvalue weighted by molar-refractivity contribution is 0.0670. The molecule has 4 nitrogen and oxygen atoms in total. The number of imide groups is 1. The Balaban J connectivity index is 1.89. The summed E-state index contributed by atoms with van der Waals surface area (Å²) in [6.45, 7) is 0.747. The Labute approximate surface area is 115 Å². The molecule has 0 aliphatic carbocycles. The summed E-state index contributed by atoms with van der Waals surface area (Å²) in [5.41, 5.74) is 1.79. The van der Waals surface area contributed by atoms with Gasteiger partial charge >= 0.3 is 0 Å². The highest BCUT2D eigenvalue weighted by Crippen LogP contribution is 2.25. The van der Waals surface area contributed by atoms with Crippen molar-refractivity contribution in [2.45, 2.75) is 0 Å². The third kappa shape index (κ3) is 1.94. The van der Waals surface area contributed by atoms with Gasteiger partial charge in [0.1, 0.15) is 0 Å². The first kappa shape index (κ1) is 12.0. The topological polar surface area (TPSA) is 49.4 Å². The lowest BCUT2D eigenvalue weighted by atomic mass is 10.1. The number of carbonyl (C=O) groups excluding carboxylic acids is 2. The van der Waals surface area contributed by atoms with Crippen LogP contribution in [-0.4, -0.2) is 29.8 Å². The van der Waals surface area contributed by atoms with Gasteiger partial charge in [0, 0.05) is 11.6 Å². The molecule has 2 heterocycles. The molecule has 0 fully saturated rings. The minimum atomic E-state index is -0.283. The number of halogens is 1. The van der Waals surface area contributed by atoms with Gasteiger partial charge in [-0.2, -0.15) is 0 Å². The molecule has 0 bridgehead atoms. The van der Waals surface area contributed by atoms with E-state index in [9.17, 15) is 9.59 Å². The van der Waals surface area contributed by atoms with Crippen LogP contribution >= 0.6 is 11.6 Å². The zero-order valence-corrected chi connectivity index (χ0v) is 10.8. The number of fused-ring (bicyclic) bond motifs is 1. The molecule has 2 amide bonds. The van der Waals surface area contributed by atoms with Gasteiger partial charge < -0.3 is 5.32 Å². The molecule has 2 aliphatic heterocycles. The summed E-state index contributed by atoms with van der Waals surface area (Å²) < 4.78 is 0. The number of hydrogen-bond acceptors (Lipinski definition) is 3. The normalized spacial score (nSPS) is 19.7. The molecular formula is C14H11ClN2O2. The van der Waals surface area contributed by atoms with Crippen molar-refractivity contribution in [1.29, 1.82) is 0 Å². The van der Waals surface area contributed by atoms with E-state index in [1.807, 2.05) is 6.08 Å². The van der Waals surface area contributed by atoms with Crippen molar-refractivity contribution < 1.29 is 9.59 Å². The first-order valence-corrected chi connectivity index (χ1v) is 6.29. The summed E-state index contributed by atoms with van der Waals surface area (Å²) in [6, 6.07) is 6.82. The van der Waals surface area contributed by atoms with E-state index < -0.39 is 0 Å². The molecule has 1 aromatic rings. The van der Waals surface area contributed by atoms with Crippen LogP contribution in [0.15, 0.2) is 47.1 Å². The van der Waals surface area contributed by atoms with Crippen LogP contribution < -0.4 is 5.32 Å². The average Bonchev–Trinajstić information content (AvgIpc) is 3.03. The van der Waals surface area contributed by atoms with E-state index in [4.69, 9.17) is 11.6 Å². The van der Waals surface area contributed by atoms with Gasteiger partial charge in [0.25, 0.3) is 11.8 Å². The third-order valence-corrected chi connectivity index (χ3v) is 3.58.